The first-order valence-electron chi connectivity index (χ1n) is 8.43. The molecule has 0 saturated carbocycles. The number of amides is 1. The van der Waals surface area contributed by atoms with Gasteiger partial charge in [0.25, 0.3) is 0 Å². The Balaban J connectivity index is 1.51. The van der Waals surface area contributed by atoms with E-state index in [9.17, 15) is 4.79 Å². The van der Waals surface area contributed by atoms with Gasteiger partial charge in [-0.15, -0.1) is 11.8 Å². The fraction of sp³-hybridized carbons (Fsp3) is 0.368. The summed E-state index contributed by atoms with van der Waals surface area (Å²) in [4.78, 5) is 19.7. The fourth-order valence-corrected chi connectivity index (χ4v) is 3.59. The van der Waals surface area contributed by atoms with Crippen LogP contribution in [0.15, 0.2) is 53.7 Å². The van der Waals surface area contributed by atoms with Gasteiger partial charge >= 0.3 is 0 Å². The lowest BCUT2D eigenvalue weighted by atomic mass is 10.1. The van der Waals surface area contributed by atoms with Crippen molar-refractivity contribution in [2.24, 2.45) is 0 Å². The molecule has 1 fully saturated rings. The molecule has 0 bridgehead atoms. The molecule has 1 aromatic heterocycles. The average Bonchev–Trinajstić information content (AvgIpc) is 2.62. The van der Waals surface area contributed by atoms with Crippen molar-refractivity contribution >= 4 is 23.4 Å². The number of carbonyl (C=O) groups excluding carboxylic acids is 1. The molecule has 0 atom stereocenters. The molecule has 2 heterocycles. The van der Waals surface area contributed by atoms with E-state index in [1.807, 2.05) is 24.3 Å². The minimum absolute atomic E-state index is 0.0203. The first-order chi connectivity index (χ1) is 11.8. The summed E-state index contributed by atoms with van der Waals surface area (Å²) in [5, 5.41) is 3.00. The lowest BCUT2D eigenvalue weighted by Gasteiger charge is -2.26. The lowest BCUT2D eigenvalue weighted by Crippen LogP contribution is -2.29. The Morgan fingerprint density at radius 3 is 2.71 bits per heavy atom. The zero-order valence-corrected chi connectivity index (χ0v) is 14.6. The maximum atomic E-state index is 12.1. The highest BCUT2D eigenvalue weighted by molar-refractivity contribution is 8.00. The summed E-state index contributed by atoms with van der Waals surface area (Å²) in [7, 11) is 0. The maximum Gasteiger partial charge on any atom is 0.234 e. The van der Waals surface area contributed by atoms with Crippen LogP contribution in [0.2, 0.25) is 0 Å². The molecule has 24 heavy (non-hydrogen) atoms. The first-order valence-corrected chi connectivity index (χ1v) is 9.42. The number of anilines is 1. The van der Waals surface area contributed by atoms with Crippen molar-refractivity contribution in [1.29, 1.82) is 0 Å². The van der Waals surface area contributed by atoms with E-state index in [1.54, 1.807) is 12.4 Å². The van der Waals surface area contributed by atoms with Crippen molar-refractivity contribution in [3.05, 3.63) is 54.4 Å². The van der Waals surface area contributed by atoms with Crippen LogP contribution in [-0.2, 0) is 11.3 Å². The number of carbonyl (C=O) groups is 1. The van der Waals surface area contributed by atoms with Crippen LogP contribution in [-0.4, -0.2) is 34.6 Å². The molecule has 0 spiro atoms. The molecule has 3 rings (SSSR count). The first kappa shape index (κ1) is 17.0. The highest BCUT2D eigenvalue weighted by Crippen LogP contribution is 2.18. The Morgan fingerprint density at radius 2 is 1.92 bits per heavy atom. The monoisotopic (exact) mass is 341 g/mol. The quantitative estimate of drug-likeness (QED) is 0.812. The Hall–Kier alpha value is -1.85. The number of thioether (sulfide) groups is 1. The zero-order valence-electron chi connectivity index (χ0n) is 13.8. The smallest absolute Gasteiger partial charge is 0.234 e. The largest absolute Gasteiger partial charge is 0.325 e. The van der Waals surface area contributed by atoms with Crippen molar-refractivity contribution in [2.75, 3.05) is 24.2 Å². The van der Waals surface area contributed by atoms with Crippen LogP contribution in [0.3, 0.4) is 0 Å². The number of rotatable bonds is 6. The van der Waals surface area contributed by atoms with Gasteiger partial charge in [0.05, 0.1) is 5.75 Å². The third-order valence-electron chi connectivity index (χ3n) is 4.09. The van der Waals surface area contributed by atoms with Crippen molar-refractivity contribution in [2.45, 2.75) is 30.7 Å². The van der Waals surface area contributed by atoms with Crippen molar-refractivity contribution in [1.82, 2.24) is 9.88 Å². The molecule has 4 nitrogen and oxygen atoms in total. The van der Waals surface area contributed by atoms with Gasteiger partial charge in [-0.1, -0.05) is 18.6 Å². The fourth-order valence-electron chi connectivity index (χ4n) is 2.90. The Labute approximate surface area is 147 Å². The molecule has 0 aliphatic carbocycles. The number of likely N-dealkylation sites (tertiary alicyclic amines) is 1. The van der Waals surface area contributed by atoms with Gasteiger partial charge in [0.15, 0.2) is 0 Å². The van der Waals surface area contributed by atoms with E-state index < -0.39 is 0 Å². The third kappa shape index (κ3) is 5.35. The molecule has 5 heteroatoms. The van der Waals surface area contributed by atoms with E-state index >= 15 is 0 Å². The summed E-state index contributed by atoms with van der Waals surface area (Å²) in [6.07, 6.45) is 7.42. The lowest BCUT2D eigenvalue weighted by molar-refractivity contribution is -0.113. The van der Waals surface area contributed by atoms with Gasteiger partial charge in [0.1, 0.15) is 0 Å². The van der Waals surface area contributed by atoms with E-state index in [1.165, 1.54) is 49.7 Å². The second kappa shape index (κ2) is 8.85. The number of nitrogens with one attached hydrogen (secondary N) is 1. The summed E-state index contributed by atoms with van der Waals surface area (Å²) in [5.74, 6) is 0.423. The molecule has 0 radical (unpaired) electrons. The van der Waals surface area contributed by atoms with Gasteiger partial charge in [-0.2, -0.15) is 0 Å². The second-order valence-electron chi connectivity index (χ2n) is 6.06. The molecule has 1 aliphatic heterocycles. The number of hydrogen-bond donors (Lipinski definition) is 1. The molecule has 1 aromatic carbocycles. The number of piperidine rings is 1. The number of hydrogen-bond acceptors (Lipinski definition) is 4. The van der Waals surface area contributed by atoms with Gasteiger partial charge < -0.3 is 5.32 Å². The van der Waals surface area contributed by atoms with Crippen molar-refractivity contribution in [3.63, 3.8) is 0 Å². The molecule has 1 aliphatic rings. The van der Waals surface area contributed by atoms with E-state index in [2.05, 4.69) is 27.3 Å². The number of benzene rings is 1. The predicted octanol–water partition coefficient (Wildman–Crippen LogP) is 3.80. The SMILES string of the molecule is O=C(CSc1ccncc1)Nc1cccc(CN2CCCCC2)c1. The van der Waals surface area contributed by atoms with Crippen LogP contribution in [0.25, 0.3) is 0 Å². The standard InChI is InChI=1S/C19H23N3OS/c23-19(15-24-18-7-9-20-10-8-18)21-17-6-4-5-16(13-17)14-22-11-2-1-3-12-22/h4-10,13H,1-3,11-12,14-15H2,(H,21,23). The van der Waals surface area contributed by atoms with Crippen LogP contribution < -0.4 is 5.32 Å². The second-order valence-corrected chi connectivity index (χ2v) is 7.11. The minimum atomic E-state index is 0.0203. The average molecular weight is 341 g/mol. The highest BCUT2D eigenvalue weighted by Gasteiger charge is 2.11. The van der Waals surface area contributed by atoms with Crippen LogP contribution in [0, 0.1) is 0 Å². The molecule has 2 aromatic rings. The number of pyridine rings is 1. The third-order valence-corrected chi connectivity index (χ3v) is 5.10. The molecule has 126 valence electrons. The van der Waals surface area contributed by atoms with Crippen molar-refractivity contribution < 1.29 is 4.79 Å². The minimum Gasteiger partial charge on any atom is -0.325 e. The summed E-state index contributed by atoms with van der Waals surface area (Å²) >= 11 is 1.52. The Bertz CT molecular complexity index is 657. The predicted molar refractivity (Wildman–Crippen MR) is 99.2 cm³/mol. The summed E-state index contributed by atoms with van der Waals surface area (Å²) in [6.45, 7) is 3.33. The van der Waals surface area contributed by atoms with Crippen LogP contribution in [0.4, 0.5) is 5.69 Å². The van der Waals surface area contributed by atoms with Gasteiger partial charge in [-0.25, -0.2) is 0 Å². The van der Waals surface area contributed by atoms with Gasteiger partial charge in [-0.05, 0) is 55.8 Å². The van der Waals surface area contributed by atoms with Gasteiger partial charge in [-0.3, -0.25) is 14.7 Å². The number of nitrogens with zero attached hydrogens (tertiary/aromatic N) is 2. The van der Waals surface area contributed by atoms with Crippen molar-refractivity contribution in [3.8, 4) is 0 Å². The molecular weight excluding hydrogens is 318 g/mol. The van der Waals surface area contributed by atoms with E-state index in [4.69, 9.17) is 0 Å². The summed E-state index contributed by atoms with van der Waals surface area (Å²) < 4.78 is 0. The molecule has 0 unspecified atom stereocenters. The molecule has 1 saturated heterocycles. The van der Waals surface area contributed by atoms with E-state index in [-0.39, 0.29) is 5.91 Å². The molecule has 1 N–H and O–H groups in total. The van der Waals surface area contributed by atoms with Crippen LogP contribution >= 0.6 is 11.8 Å². The van der Waals surface area contributed by atoms with E-state index in [0.717, 1.165) is 17.1 Å². The summed E-state index contributed by atoms with van der Waals surface area (Å²) in [5.41, 5.74) is 2.14. The van der Waals surface area contributed by atoms with Gasteiger partial charge in [0.2, 0.25) is 5.91 Å². The number of aromatic nitrogens is 1. The Kier molecular flexibility index (Phi) is 6.26. The highest BCUT2D eigenvalue weighted by atomic mass is 32.2. The van der Waals surface area contributed by atoms with Crippen LogP contribution in [0.5, 0.6) is 0 Å². The zero-order chi connectivity index (χ0) is 16.6. The summed E-state index contributed by atoms with van der Waals surface area (Å²) in [6, 6.07) is 12.0. The maximum absolute atomic E-state index is 12.1. The normalized spacial score (nSPS) is 15.2. The van der Waals surface area contributed by atoms with E-state index in [0.29, 0.717) is 5.75 Å². The van der Waals surface area contributed by atoms with Crippen LogP contribution in [0.1, 0.15) is 24.8 Å². The van der Waals surface area contributed by atoms with Gasteiger partial charge in [0, 0.05) is 29.5 Å². The molecule has 1 amide bonds. The Morgan fingerprint density at radius 1 is 1.12 bits per heavy atom. The topological polar surface area (TPSA) is 45.2 Å². The molecular formula is C19H23N3OS.